The Morgan fingerprint density at radius 3 is 2.44 bits per heavy atom. The number of fused-ring (bicyclic) bond motifs is 1. The maximum absolute atomic E-state index is 12.7. The Morgan fingerprint density at radius 2 is 1.92 bits per heavy atom. The summed E-state index contributed by atoms with van der Waals surface area (Å²) >= 11 is 0. The molecule has 138 valence electrons. The number of benzene rings is 1. The number of nitrogens with zero attached hydrogens (tertiary/aromatic N) is 1. The highest BCUT2D eigenvalue weighted by atomic mass is 16.5. The molecule has 0 saturated heterocycles. The number of methoxy groups -OCH3 is 2. The molecule has 1 aliphatic rings. The first-order valence-corrected chi connectivity index (χ1v) is 8.48. The van der Waals surface area contributed by atoms with Gasteiger partial charge in [-0.2, -0.15) is 0 Å². The van der Waals surface area contributed by atoms with Crippen LogP contribution in [0.4, 0.5) is 0 Å². The Balaban J connectivity index is 2.48. The summed E-state index contributed by atoms with van der Waals surface area (Å²) in [5.41, 5.74) is 7.69. The van der Waals surface area contributed by atoms with Gasteiger partial charge in [0, 0.05) is 13.0 Å². The monoisotopic (exact) mass is 348 g/mol. The number of amides is 1. The summed E-state index contributed by atoms with van der Waals surface area (Å²) in [6, 6.07) is 3.07. The molecular weight excluding hydrogens is 320 g/mol. The molecular formula is C19H28N2O4. The fourth-order valence-electron chi connectivity index (χ4n) is 3.52. The molecule has 1 aromatic rings. The molecule has 2 unspecified atom stereocenters. The smallest absolute Gasteiger partial charge is 0.225 e. The van der Waals surface area contributed by atoms with Gasteiger partial charge >= 0.3 is 0 Å². The number of aldehydes is 1. The summed E-state index contributed by atoms with van der Waals surface area (Å²) in [4.78, 5) is 25.4. The van der Waals surface area contributed by atoms with Gasteiger partial charge in [0.05, 0.1) is 26.3 Å². The van der Waals surface area contributed by atoms with Crippen molar-refractivity contribution in [1.29, 1.82) is 0 Å². The Kier molecular flexibility index (Phi) is 5.72. The summed E-state index contributed by atoms with van der Waals surface area (Å²) in [5.74, 6) is 1.24. The van der Waals surface area contributed by atoms with Crippen LogP contribution in [0.2, 0.25) is 0 Å². The second-order valence-corrected chi connectivity index (χ2v) is 7.52. The topological polar surface area (TPSA) is 81.9 Å². The van der Waals surface area contributed by atoms with E-state index in [1.165, 1.54) is 0 Å². The average molecular weight is 348 g/mol. The third-order valence-corrected chi connectivity index (χ3v) is 4.60. The van der Waals surface area contributed by atoms with Crippen molar-refractivity contribution in [3.05, 3.63) is 23.3 Å². The minimum absolute atomic E-state index is 0.0265. The Hall–Kier alpha value is -2.08. The SMILES string of the molecule is COc1cc2c(cc1OC)C(C(C)(C)C)N(C(=O)CC(N)C=O)CC2. The maximum atomic E-state index is 12.7. The van der Waals surface area contributed by atoms with Crippen LogP contribution in [0, 0.1) is 5.41 Å². The number of hydrogen-bond acceptors (Lipinski definition) is 5. The van der Waals surface area contributed by atoms with Crippen molar-refractivity contribution in [2.75, 3.05) is 20.8 Å². The molecule has 0 fully saturated rings. The molecule has 2 N–H and O–H groups in total. The summed E-state index contributed by atoms with van der Waals surface area (Å²) in [6.07, 6.45) is 1.37. The van der Waals surface area contributed by atoms with Crippen LogP contribution in [0.3, 0.4) is 0 Å². The molecule has 0 bridgehead atoms. The molecule has 0 aromatic heterocycles. The first-order chi connectivity index (χ1) is 11.7. The minimum atomic E-state index is -0.764. The van der Waals surface area contributed by atoms with Crippen molar-refractivity contribution in [1.82, 2.24) is 4.90 Å². The van der Waals surface area contributed by atoms with E-state index in [0.29, 0.717) is 24.3 Å². The molecule has 0 aliphatic carbocycles. The number of carbonyl (C=O) groups excluding carboxylic acids is 2. The van der Waals surface area contributed by atoms with Crippen molar-refractivity contribution in [3.8, 4) is 11.5 Å². The van der Waals surface area contributed by atoms with Gasteiger partial charge < -0.3 is 24.9 Å². The summed E-state index contributed by atoms with van der Waals surface area (Å²) in [5, 5.41) is 0. The van der Waals surface area contributed by atoms with Crippen molar-refractivity contribution in [2.24, 2.45) is 11.1 Å². The van der Waals surface area contributed by atoms with Crippen LogP contribution in [-0.4, -0.2) is 43.9 Å². The molecule has 6 nitrogen and oxygen atoms in total. The number of rotatable bonds is 5. The molecule has 25 heavy (non-hydrogen) atoms. The van der Waals surface area contributed by atoms with Crippen molar-refractivity contribution in [3.63, 3.8) is 0 Å². The van der Waals surface area contributed by atoms with Gasteiger partial charge in [-0.1, -0.05) is 20.8 Å². The highest BCUT2D eigenvalue weighted by Crippen LogP contribution is 2.45. The van der Waals surface area contributed by atoms with E-state index < -0.39 is 6.04 Å². The van der Waals surface area contributed by atoms with Gasteiger partial charge in [-0.3, -0.25) is 4.79 Å². The lowest BCUT2D eigenvalue weighted by Gasteiger charge is -2.45. The molecule has 1 aromatic carbocycles. The van der Waals surface area contributed by atoms with Crippen LogP contribution in [0.25, 0.3) is 0 Å². The highest BCUT2D eigenvalue weighted by molar-refractivity contribution is 5.81. The molecule has 6 heteroatoms. The van der Waals surface area contributed by atoms with E-state index >= 15 is 0 Å². The van der Waals surface area contributed by atoms with Crippen LogP contribution in [-0.2, 0) is 16.0 Å². The van der Waals surface area contributed by atoms with E-state index in [1.54, 1.807) is 14.2 Å². The van der Waals surface area contributed by atoms with E-state index in [-0.39, 0.29) is 23.8 Å². The summed E-state index contributed by atoms with van der Waals surface area (Å²) in [6.45, 7) is 6.89. The summed E-state index contributed by atoms with van der Waals surface area (Å²) < 4.78 is 10.8. The Labute approximate surface area is 149 Å². The van der Waals surface area contributed by atoms with Gasteiger partial charge in [-0.05, 0) is 35.1 Å². The van der Waals surface area contributed by atoms with Crippen molar-refractivity contribution >= 4 is 12.2 Å². The predicted molar refractivity (Wildman–Crippen MR) is 95.8 cm³/mol. The standard InChI is InChI=1S/C19H28N2O4/c1-19(2,3)18-14-10-16(25-5)15(24-4)8-12(14)6-7-21(18)17(23)9-13(20)11-22/h8,10-11,13,18H,6-7,9,20H2,1-5H3. The largest absolute Gasteiger partial charge is 0.493 e. The van der Waals surface area contributed by atoms with E-state index in [2.05, 4.69) is 20.8 Å². The van der Waals surface area contributed by atoms with Crippen molar-refractivity contribution < 1.29 is 19.1 Å². The van der Waals surface area contributed by atoms with Gasteiger partial charge in [0.25, 0.3) is 0 Å². The van der Waals surface area contributed by atoms with Gasteiger partial charge in [-0.15, -0.1) is 0 Å². The molecule has 1 heterocycles. The van der Waals surface area contributed by atoms with Crippen LogP contribution in [0.1, 0.15) is 44.4 Å². The van der Waals surface area contributed by atoms with E-state index in [4.69, 9.17) is 15.2 Å². The first kappa shape index (κ1) is 19.2. The lowest BCUT2D eigenvalue weighted by Crippen LogP contribution is -2.47. The van der Waals surface area contributed by atoms with Gasteiger partial charge in [0.15, 0.2) is 11.5 Å². The fourth-order valence-corrected chi connectivity index (χ4v) is 3.52. The number of carbonyl (C=O) groups is 2. The average Bonchev–Trinajstić information content (AvgIpc) is 2.57. The zero-order valence-electron chi connectivity index (χ0n) is 15.7. The van der Waals surface area contributed by atoms with Crippen LogP contribution >= 0.6 is 0 Å². The number of nitrogens with two attached hydrogens (primary N) is 1. The highest BCUT2D eigenvalue weighted by Gasteiger charge is 2.39. The fraction of sp³-hybridized carbons (Fsp3) is 0.579. The van der Waals surface area contributed by atoms with Gasteiger partial charge in [0.2, 0.25) is 5.91 Å². The lowest BCUT2D eigenvalue weighted by atomic mass is 9.76. The van der Waals surface area contributed by atoms with Crippen LogP contribution in [0.5, 0.6) is 11.5 Å². The number of ether oxygens (including phenoxy) is 2. The van der Waals surface area contributed by atoms with E-state index in [1.807, 2.05) is 17.0 Å². The molecule has 0 radical (unpaired) electrons. The zero-order chi connectivity index (χ0) is 18.8. The second kappa shape index (κ2) is 7.44. The number of hydrogen-bond donors (Lipinski definition) is 1. The van der Waals surface area contributed by atoms with Crippen LogP contribution < -0.4 is 15.2 Å². The Morgan fingerprint density at radius 1 is 1.32 bits per heavy atom. The second-order valence-electron chi connectivity index (χ2n) is 7.52. The molecule has 0 saturated carbocycles. The van der Waals surface area contributed by atoms with Crippen molar-refractivity contribution in [2.45, 2.75) is 45.7 Å². The predicted octanol–water partition coefficient (Wildman–Crippen LogP) is 2.09. The first-order valence-electron chi connectivity index (χ1n) is 8.48. The molecule has 2 rings (SSSR count). The third-order valence-electron chi connectivity index (χ3n) is 4.60. The quantitative estimate of drug-likeness (QED) is 0.824. The molecule has 1 amide bonds. The zero-order valence-corrected chi connectivity index (χ0v) is 15.7. The third kappa shape index (κ3) is 3.95. The van der Waals surface area contributed by atoms with Gasteiger partial charge in [0.1, 0.15) is 6.29 Å². The molecule has 0 spiro atoms. The molecule has 1 aliphatic heterocycles. The summed E-state index contributed by atoms with van der Waals surface area (Å²) in [7, 11) is 3.22. The van der Waals surface area contributed by atoms with E-state index in [9.17, 15) is 9.59 Å². The Bertz CT molecular complexity index is 652. The minimum Gasteiger partial charge on any atom is -0.493 e. The van der Waals surface area contributed by atoms with E-state index in [0.717, 1.165) is 17.5 Å². The molecule has 2 atom stereocenters. The normalized spacial score (nSPS) is 18.3. The van der Waals surface area contributed by atoms with Gasteiger partial charge in [-0.25, -0.2) is 0 Å². The van der Waals surface area contributed by atoms with Crippen LogP contribution in [0.15, 0.2) is 12.1 Å². The lowest BCUT2D eigenvalue weighted by molar-refractivity contribution is -0.138. The maximum Gasteiger partial charge on any atom is 0.225 e.